The summed E-state index contributed by atoms with van der Waals surface area (Å²) in [5.74, 6) is -0.214. The van der Waals surface area contributed by atoms with Gasteiger partial charge in [0.05, 0.1) is 12.3 Å². The van der Waals surface area contributed by atoms with Crippen molar-refractivity contribution in [1.82, 2.24) is 4.98 Å². The fourth-order valence-corrected chi connectivity index (χ4v) is 4.38. The van der Waals surface area contributed by atoms with Crippen LogP contribution in [0.25, 0.3) is 11.3 Å². The lowest BCUT2D eigenvalue weighted by Gasteiger charge is -2.22. The third kappa shape index (κ3) is 2.33. The first kappa shape index (κ1) is 16.2. The third-order valence-electron chi connectivity index (χ3n) is 5.97. The number of nitrogens with one attached hydrogen (secondary N) is 1. The van der Waals surface area contributed by atoms with Crippen molar-refractivity contribution in [2.24, 2.45) is 17.6 Å². The van der Waals surface area contributed by atoms with Crippen LogP contribution in [0.2, 0.25) is 0 Å². The number of benzene rings is 1. The van der Waals surface area contributed by atoms with E-state index in [0.29, 0.717) is 46.9 Å². The molecule has 1 aliphatic carbocycles. The summed E-state index contributed by atoms with van der Waals surface area (Å²) in [6, 6.07) is 6.05. The quantitative estimate of drug-likeness (QED) is 0.615. The largest absolute Gasteiger partial charge is 0.506 e. The van der Waals surface area contributed by atoms with Crippen LogP contribution in [0.5, 0.6) is 11.5 Å². The molecule has 2 fully saturated rings. The van der Waals surface area contributed by atoms with E-state index in [2.05, 4.69) is 9.88 Å². The van der Waals surface area contributed by atoms with Crippen molar-refractivity contribution in [2.75, 3.05) is 24.6 Å². The van der Waals surface area contributed by atoms with Gasteiger partial charge in [-0.1, -0.05) is 0 Å². The van der Waals surface area contributed by atoms with E-state index in [-0.39, 0.29) is 6.61 Å². The van der Waals surface area contributed by atoms with E-state index in [0.717, 1.165) is 18.8 Å². The molecule has 3 heterocycles. The number of aromatic carboxylic acids is 1. The highest BCUT2D eigenvalue weighted by Crippen LogP contribution is 2.46. The summed E-state index contributed by atoms with van der Waals surface area (Å²) in [5, 5.41) is 19.5. The molecule has 5 N–H and O–H groups in total. The van der Waals surface area contributed by atoms with Crippen molar-refractivity contribution in [3.05, 3.63) is 39.7 Å². The number of carbonyl (C=O) groups is 1. The Morgan fingerprint density at radius 1 is 1.30 bits per heavy atom. The lowest BCUT2D eigenvalue weighted by Crippen LogP contribution is -2.27. The predicted molar refractivity (Wildman–Crippen MR) is 97.5 cm³/mol. The van der Waals surface area contributed by atoms with Crippen molar-refractivity contribution >= 4 is 11.7 Å². The highest BCUT2D eigenvalue weighted by molar-refractivity contribution is 5.92. The van der Waals surface area contributed by atoms with E-state index in [1.165, 1.54) is 0 Å². The monoisotopic (exact) mass is 369 g/mol. The fourth-order valence-electron chi connectivity index (χ4n) is 4.38. The molecule has 5 rings (SSSR count). The summed E-state index contributed by atoms with van der Waals surface area (Å²) < 4.78 is 5.85. The molecular weight excluding hydrogens is 350 g/mol. The number of nitrogens with two attached hydrogens (primary N) is 1. The average molecular weight is 369 g/mol. The molecule has 1 aromatic carbocycles. The van der Waals surface area contributed by atoms with Gasteiger partial charge < -0.3 is 30.6 Å². The van der Waals surface area contributed by atoms with Crippen LogP contribution in [-0.2, 0) is 6.42 Å². The smallest absolute Gasteiger partial charge is 0.345 e. The number of hydrogen-bond donors (Lipinski definition) is 4. The number of carboxylic acids is 1. The summed E-state index contributed by atoms with van der Waals surface area (Å²) in [5.41, 5.74) is 7.00. The summed E-state index contributed by atoms with van der Waals surface area (Å²) in [4.78, 5) is 28.3. The number of piperidine rings is 1. The molecule has 1 saturated carbocycles. The van der Waals surface area contributed by atoms with Crippen LogP contribution in [0.4, 0.5) is 5.69 Å². The molecule has 0 unspecified atom stereocenters. The van der Waals surface area contributed by atoms with Crippen LogP contribution in [0, 0.1) is 11.8 Å². The lowest BCUT2D eigenvalue weighted by molar-refractivity contribution is 0.0691. The number of aromatic nitrogens is 1. The maximum atomic E-state index is 12.2. The predicted octanol–water partition coefficient (Wildman–Crippen LogP) is 0.774. The maximum absolute atomic E-state index is 12.2. The van der Waals surface area contributed by atoms with Crippen molar-refractivity contribution in [3.8, 4) is 22.8 Å². The van der Waals surface area contributed by atoms with Gasteiger partial charge in [-0.25, -0.2) is 4.79 Å². The zero-order valence-corrected chi connectivity index (χ0v) is 14.4. The number of fused-ring (bicyclic) bond motifs is 4. The lowest BCUT2D eigenvalue weighted by atomic mass is 10.00. The highest BCUT2D eigenvalue weighted by atomic mass is 16.5. The first-order valence-electron chi connectivity index (χ1n) is 8.95. The number of anilines is 1. The first-order chi connectivity index (χ1) is 13.0. The summed E-state index contributed by atoms with van der Waals surface area (Å²) >= 11 is 0. The van der Waals surface area contributed by atoms with Gasteiger partial charge in [-0.15, -0.1) is 0 Å². The van der Waals surface area contributed by atoms with Crippen LogP contribution >= 0.6 is 0 Å². The van der Waals surface area contributed by atoms with Gasteiger partial charge >= 0.3 is 5.97 Å². The molecule has 0 amide bonds. The van der Waals surface area contributed by atoms with Crippen molar-refractivity contribution in [2.45, 2.75) is 12.5 Å². The van der Waals surface area contributed by atoms with E-state index in [1.54, 1.807) is 0 Å². The van der Waals surface area contributed by atoms with E-state index in [4.69, 9.17) is 10.5 Å². The Morgan fingerprint density at radius 3 is 2.74 bits per heavy atom. The van der Waals surface area contributed by atoms with Crippen LogP contribution in [0.1, 0.15) is 15.9 Å². The van der Waals surface area contributed by atoms with Crippen molar-refractivity contribution in [1.29, 1.82) is 0 Å². The zero-order chi connectivity index (χ0) is 18.9. The van der Waals surface area contributed by atoms with Gasteiger partial charge in [0.25, 0.3) is 5.56 Å². The van der Waals surface area contributed by atoms with Gasteiger partial charge in [-0.3, -0.25) is 4.79 Å². The number of rotatable bonds is 2. The molecule has 3 atom stereocenters. The van der Waals surface area contributed by atoms with Crippen LogP contribution in [0.15, 0.2) is 23.0 Å². The normalized spacial score (nSPS) is 25.1. The zero-order valence-electron chi connectivity index (χ0n) is 14.4. The topological polar surface area (TPSA) is 129 Å². The van der Waals surface area contributed by atoms with Crippen molar-refractivity contribution < 1.29 is 19.7 Å². The summed E-state index contributed by atoms with van der Waals surface area (Å²) in [7, 11) is 0. The standard InChI is InChI=1S/C19H19N3O5/c20-15-11-6-22(7-12(11)15)8-1-2-9-13(5-8)27-4-3-10-16(9)21-18(24)14(17(10)23)19(25)26/h1-2,5,11-12,15H,3-4,6-7,20H2,(H,25,26)(H2,21,23,24)/t11-,12+,15+. The molecule has 27 heavy (non-hydrogen) atoms. The second-order valence-electron chi connectivity index (χ2n) is 7.43. The SMILES string of the molecule is N[C@@H]1[C@H]2CN(c3ccc4c(c3)OCCc3c-4[nH]c(=O)c(C(=O)O)c3O)C[C@@H]12. The molecule has 2 aliphatic heterocycles. The fraction of sp³-hybridized carbons (Fsp3) is 0.368. The van der Waals surface area contributed by atoms with Crippen LogP contribution < -0.4 is 20.9 Å². The number of hydrogen-bond acceptors (Lipinski definition) is 6. The molecule has 0 spiro atoms. The van der Waals surface area contributed by atoms with Crippen molar-refractivity contribution in [3.63, 3.8) is 0 Å². The Balaban J connectivity index is 1.57. The number of aromatic hydroxyl groups is 1. The Bertz CT molecular complexity index is 1020. The number of H-pyrrole nitrogens is 1. The Morgan fingerprint density at radius 2 is 2.04 bits per heavy atom. The minimum Gasteiger partial charge on any atom is -0.506 e. The molecule has 1 aromatic heterocycles. The minimum absolute atomic E-state index is 0.276. The first-order valence-corrected chi connectivity index (χ1v) is 8.95. The number of carboxylic acid groups (broad SMARTS) is 1. The molecule has 8 nitrogen and oxygen atoms in total. The second kappa shape index (κ2) is 5.50. The molecule has 2 aromatic rings. The molecule has 0 bridgehead atoms. The third-order valence-corrected chi connectivity index (χ3v) is 5.97. The van der Waals surface area contributed by atoms with Gasteiger partial charge in [0.15, 0.2) is 5.56 Å². The van der Waals surface area contributed by atoms with Gasteiger partial charge in [-0.05, 0) is 24.0 Å². The summed E-state index contributed by atoms with van der Waals surface area (Å²) in [6.07, 6.45) is 0.297. The Kier molecular flexibility index (Phi) is 3.30. The molecule has 1 saturated heterocycles. The Hall–Kier alpha value is -3.00. The van der Waals surface area contributed by atoms with Gasteiger partial charge in [0.1, 0.15) is 11.5 Å². The number of ether oxygens (including phenoxy) is 1. The number of nitrogens with zero attached hydrogens (tertiary/aromatic N) is 1. The summed E-state index contributed by atoms with van der Waals surface area (Å²) in [6.45, 7) is 2.14. The second-order valence-corrected chi connectivity index (χ2v) is 7.43. The number of aromatic amines is 1. The van der Waals surface area contributed by atoms with Crippen LogP contribution in [0.3, 0.4) is 0 Å². The molecule has 3 aliphatic rings. The van der Waals surface area contributed by atoms with E-state index < -0.39 is 22.8 Å². The van der Waals surface area contributed by atoms with Gasteiger partial charge in [0.2, 0.25) is 0 Å². The average Bonchev–Trinajstić information content (AvgIpc) is 3.06. The molecule has 8 heteroatoms. The molecule has 140 valence electrons. The molecular formula is C19H19N3O5. The molecule has 0 radical (unpaired) electrons. The van der Waals surface area contributed by atoms with E-state index in [9.17, 15) is 19.8 Å². The maximum Gasteiger partial charge on any atom is 0.345 e. The van der Waals surface area contributed by atoms with E-state index >= 15 is 0 Å². The van der Waals surface area contributed by atoms with Crippen LogP contribution in [-0.4, -0.2) is 46.9 Å². The van der Waals surface area contributed by atoms with Gasteiger partial charge in [-0.2, -0.15) is 0 Å². The van der Waals surface area contributed by atoms with Gasteiger partial charge in [0, 0.05) is 48.4 Å². The highest BCUT2D eigenvalue weighted by Gasteiger charge is 2.53. The minimum atomic E-state index is -1.46. The van der Waals surface area contributed by atoms with E-state index in [1.807, 2.05) is 18.2 Å². The Labute approximate surface area is 154 Å². The number of pyridine rings is 1.